The van der Waals surface area contributed by atoms with Gasteiger partial charge in [0.05, 0.1) is 0 Å². The number of hydrogen-bond acceptors (Lipinski definition) is 4. The summed E-state index contributed by atoms with van der Waals surface area (Å²) in [6, 6.07) is 0. The molecule has 1 fully saturated rings. The molecule has 1 heterocycles. The lowest BCUT2D eigenvalue weighted by atomic mass is 9.86. The second-order valence-corrected chi connectivity index (χ2v) is 5.85. The summed E-state index contributed by atoms with van der Waals surface area (Å²) in [5.41, 5.74) is 2.55. The van der Waals surface area contributed by atoms with Gasteiger partial charge in [-0.15, -0.1) is 0 Å². The van der Waals surface area contributed by atoms with Gasteiger partial charge < -0.3 is 9.47 Å². The van der Waals surface area contributed by atoms with E-state index in [1.54, 1.807) is 0 Å². The molecule has 4 heteroatoms. The van der Waals surface area contributed by atoms with Gasteiger partial charge in [0.25, 0.3) is 0 Å². The van der Waals surface area contributed by atoms with Crippen LogP contribution in [0.15, 0.2) is 36.0 Å². The number of esters is 2. The average Bonchev–Trinajstić information content (AvgIpc) is 2.66. The summed E-state index contributed by atoms with van der Waals surface area (Å²) in [5, 5.41) is 0. The van der Waals surface area contributed by atoms with Crippen molar-refractivity contribution in [3.63, 3.8) is 0 Å². The van der Waals surface area contributed by atoms with Crippen molar-refractivity contribution >= 4 is 11.9 Å². The van der Waals surface area contributed by atoms with Gasteiger partial charge in [-0.1, -0.05) is 18.7 Å². The summed E-state index contributed by atoms with van der Waals surface area (Å²) in [6.07, 6.45) is 4.45. The maximum atomic E-state index is 11.7. The molecule has 21 heavy (non-hydrogen) atoms. The van der Waals surface area contributed by atoms with Crippen molar-refractivity contribution in [2.75, 3.05) is 0 Å². The Morgan fingerprint density at radius 1 is 1.33 bits per heavy atom. The lowest BCUT2D eigenvalue weighted by Gasteiger charge is -2.24. The zero-order valence-electron chi connectivity index (χ0n) is 12.7. The summed E-state index contributed by atoms with van der Waals surface area (Å²) >= 11 is 0. The van der Waals surface area contributed by atoms with Crippen molar-refractivity contribution in [1.29, 1.82) is 0 Å². The van der Waals surface area contributed by atoms with E-state index in [-0.39, 0.29) is 30.1 Å². The van der Waals surface area contributed by atoms with Crippen LogP contribution in [0.1, 0.15) is 39.5 Å². The molecule has 3 atom stereocenters. The van der Waals surface area contributed by atoms with Crippen LogP contribution in [0.2, 0.25) is 0 Å². The number of carbonyl (C=O) groups is 2. The van der Waals surface area contributed by atoms with Crippen molar-refractivity contribution < 1.29 is 19.1 Å². The number of allylic oxidation sites excluding steroid dienone is 1. The molecule has 0 amide bonds. The van der Waals surface area contributed by atoms with Gasteiger partial charge in [0.15, 0.2) is 0 Å². The third-order valence-electron chi connectivity index (χ3n) is 4.14. The molecule has 2 aliphatic rings. The third kappa shape index (κ3) is 3.63. The monoisotopic (exact) mass is 290 g/mol. The van der Waals surface area contributed by atoms with E-state index in [1.807, 2.05) is 13.0 Å². The van der Waals surface area contributed by atoms with Gasteiger partial charge in [-0.05, 0) is 44.3 Å². The fourth-order valence-corrected chi connectivity index (χ4v) is 2.89. The Bertz CT molecular complexity index is 515. The van der Waals surface area contributed by atoms with E-state index >= 15 is 0 Å². The number of rotatable bonds is 1. The molecule has 1 saturated heterocycles. The second-order valence-electron chi connectivity index (χ2n) is 5.85. The lowest BCUT2D eigenvalue weighted by Crippen LogP contribution is -2.22. The highest BCUT2D eigenvalue weighted by molar-refractivity contribution is 5.91. The normalized spacial score (nSPS) is 30.3. The first-order valence-electron chi connectivity index (χ1n) is 7.30. The Balaban J connectivity index is 2.19. The smallest absolute Gasteiger partial charge is 0.334 e. The Kier molecular flexibility index (Phi) is 4.66. The predicted octanol–water partition coefficient (Wildman–Crippen LogP) is 3.09. The van der Waals surface area contributed by atoms with Crippen LogP contribution in [0.25, 0.3) is 0 Å². The van der Waals surface area contributed by atoms with E-state index in [4.69, 9.17) is 9.47 Å². The molecule has 0 bridgehead atoms. The minimum atomic E-state index is -0.310. The third-order valence-corrected chi connectivity index (χ3v) is 4.14. The van der Waals surface area contributed by atoms with E-state index in [0.717, 1.165) is 24.0 Å². The van der Waals surface area contributed by atoms with Gasteiger partial charge in [0.1, 0.15) is 12.2 Å². The molecule has 114 valence electrons. The molecule has 0 aromatic heterocycles. The van der Waals surface area contributed by atoms with Crippen LogP contribution in [-0.4, -0.2) is 24.1 Å². The van der Waals surface area contributed by atoms with Crippen LogP contribution in [0.5, 0.6) is 0 Å². The van der Waals surface area contributed by atoms with Crippen LogP contribution in [0, 0.1) is 5.92 Å². The van der Waals surface area contributed by atoms with E-state index in [1.165, 1.54) is 6.92 Å². The van der Waals surface area contributed by atoms with Crippen LogP contribution < -0.4 is 0 Å². The van der Waals surface area contributed by atoms with Crippen molar-refractivity contribution in [3.05, 3.63) is 36.0 Å². The van der Waals surface area contributed by atoms with Crippen molar-refractivity contribution in [2.45, 2.75) is 51.7 Å². The molecule has 0 N–H and O–H groups in total. The van der Waals surface area contributed by atoms with E-state index in [2.05, 4.69) is 13.2 Å². The maximum Gasteiger partial charge on any atom is 0.334 e. The molecule has 0 spiro atoms. The molecule has 1 aliphatic heterocycles. The minimum Gasteiger partial charge on any atom is -0.458 e. The molecule has 0 aromatic rings. The van der Waals surface area contributed by atoms with Gasteiger partial charge in [-0.3, -0.25) is 4.79 Å². The molecule has 0 aromatic carbocycles. The topological polar surface area (TPSA) is 52.6 Å². The van der Waals surface area contributed by atoms with Gasteiger partial charge in [-0.25, -0.2) is 4.79 Å². The van der Waals surface area contributed by atoms with Crippen LogP contribution in [0.4, 0.5) is 0 Å². The second kappa shape index (κ2) is 6.29. The average molecular weight is 290 g/mol. The van der Waals surface area contributed by atoms with Crippen molar-refractivity contribution in [3.8, 4) is 0 Å². The van der Waals surface area contributed by atoms with Gasteiger partial charge in [0, 0.05) is 18.4 Å². The first-order valence-corrected chi connectivity index (χ1v) is 7.30. The van der Waals surface area contributed by atoms with E-state index in [0.29, 0.717) is 18.4 Å². The van der Waals surface area contributed by atoms with Crippen LogP contribution >= 0.6 is 0 Å². The maximum absolute atomic E-state index is 11.7. The number of ether oxygens (including phenoxy) is 2. The molecule has 2 rings (SSSR count). The van der Waals surface area contributed by atoms with Gasteiger partial charge in [0.2, 0.25) is 0 Å². The summed E-state index contributed by atoms with van der Waals surface area (Å²) in [7, 11) is 0. The molecule has 0 radical (unpaired) electrons. The van der Waals surface area contributed by atoms with Gasteiger partial charge >= 0.3 is 11.9 Å². The Labute approximate surface area is 125 Å². The van der Waals surface area contributed by atoms with Crippen molar-refractivity contribution in [1.82, 2.24) is 0 Å². The van der Waals surface area contributed by atoms with Crippen LogP contribution in [0.3, 0.4) is 0 Å². The zero-order chi connectivity index (χ0) is 15.6. The summed E-state index contributed by atoms with van der Waals surface area (Å²) in [4.78, 5) is 22.9. The van der Waals surface area contributed by atoms with Crippen LogP contribution in [-0.2, 0) is 19.1 Å². The first kappa shape index (κ1) is 15.5. The highest BCUT2D eigenvalue weighted by atomic mass is 16.6. The first-order chi connectivity index (χ1) is 9.88. The van der Waals surface area contributed by atoms with Gasteiger partial charge in [-0.2, -0.15) is 0 Å². The number of hydrogen-bond donors (Lipinski definition) is 0. The Morgan fingerprint density at radius 3 is 2.71 bits per heavy atom. The quantitative estimate of drug-likeness (QED) is 0.423. The SMILES string of the molecule is C=C1CCC2C(=C)C(=O)OC2C=C(C)CCC1OC(C)=O. The van der Waals surface area contributed by atoms with Crippen molar-refractivity contribution in [2.24, 2.45) is 5.92 Å². The molecule has 3 unspecified atom stereocenters. The Morgan fingerprint density at radius 2 is 2.05 bits per heavy atom. The predicted molar refractivity (Wildman–Crippen MR) is 79.4 cm³/mol. The number of carbonyl (C=O) groups excluding carboxylic acids is 2. The van der Waals surface area contributed by atoms with E-state index < -0.39 is 0 Å². The summed E-state index contributed by atoms with van der Waals surface area (Å²) in [6.45, 7) is 11.3. The largest absolute Gasteiger partial charge is 0.458 e. The van der Waals surface area contributed by atoms with E-state index in [9.17, 15) is 9.59 Å². The zero-order valence-corrected chi connectivity index (χ0v) is 12.7. The highest BCUT2D eigenvalue weighted by Crippen LogP contribution is 2.35. The molecular formula is C17H22O4. The molecule has 4 nitrogen and oxygen atoms in total. The fraction of sp³-hybridized carbons (Fsp3) is 0.529. The summed E-state index contributed by atoms with van der Waals surface area (Å²) < 4.78 is 10.7. The molecule has 1 aliphatic carbocycles. The standard InChI is InChI=1S/C17H22O4/c1-10-5-8-15(20-13(4)18)11(2)6-7-14-12(3)17(19)21-16(14)9-10/h9,14-16H,2-3,5-8H2,1,4H3. The number of fused-ring (bicyclic) bond motifs is 1. The minimum absolute atomic E-state index is 0.0136. The molecule has 0 saturated carbocycles. The Hall–Kier alpha value is -1.84. The lowest BCUT2D eigenvalue weighted by molar-refractivity contribution is -0.145. The fourth-order valence-electron chi connectivity index (χ4n) is 2.89. The summed E-state index contributed by atoms with van der Waals surface area (Å²) in [5.74, 6) is -0.614. The highest BCUT2D eigenvalue weighted by Gasteiger charge is 2.37. The molecular weight excluding hydrogens is 268 g/mol.